The van der Waals surface area contributed by atoms with Crippen molar-refractivity contribution in [3.8, 4) is 0 Å². The van der Waals surface area contributed by atoms with E-state index in [1.54, 1.807) is 0 Å². The molecular formula is C17H34N2. The molecule has 1 aliphatic carbocycles. The van der Waals surface area contributed by atoms with Crippen LogP contribution in [-0.4, -0.2) is 36.6 Å². The van der Waals surface area contributed by atoms with Crippen LogP contribution >= 0.6 is 0 Å². The van der Waals surface area contributed by atoms with E-state index in [-0.39, 0.29) is 0 Å². The van der Waals surface area contributed by atoms with Crippen LogP contribution in [-0.2, 0) is 0 Å². The molecule has 1 aliphatic heterocycles. The molecule has 0 aromatic heterocycles. The molecule has 0 aromatic carbocycles. The van der Waals surface area contributed by atoms with Crippen molar-refractivity contribution < 1.29 is 0 Å². The summed E-state index contributed by atoms with van der Waals surface area (Å²) in [6.45, 7) is 11.0. The van der Waals surface area contributed by atoms with Crippen LogP contribution in [0.1, 0.15) is 65.7 Å². The van der Waals surface area contributed by atoms with E-state index < -0.39 is 0 Å². The Labute approximate surface area is 120 Å². The fourth-order valence-electron chi connectivity index (χ4n) is 3.94. The van der Waals surface area contributed by atoms with E-state index >= 15 is 0 Å². The zero-order chi connectivity index (χ0) is 13.7. The SMILES string of the molecule is CCCC1CN(CC2CCC(C)CC2)C(CC)CN1. The first-order valence-electron chi connectivity index (χ1n) is 8.70. The molecule has 0 aromatic rings. The van der Waals surface area contributed by atoms with Crippen LogP contribution in [0.5, 0.6) is 0 Å². The highest BCUT2D eigenvalue weighted by atomic mass is 15.2. The summed E-state index contributed by atoms with van der Waals surface area (Å²) in [4.78, 5) is 2.82. The Morgan fingerprint density at radius 3 is 2.47 bits per heavy atom. The van der Waals surface area contributed by atoms with Crippen molar-refractivity contribution in [2.75, 3.05) is 19.6 Å². The number of rotatable bonds is 5. The maximum Gasteiger partial charge on any atom is 0.0218 e. The third kappa shape index (κ3) is 4.46. The van der Waals surface area contributed by atoms with Gasteiger partial charge >= 0.3 is 0 Å². The van der Waals surface area contributed by atoms with E-state index in [4.69, 9.17) is 0 Å². The molecule has 2 fully saturated rings. The number of nitrogens with zero attached hydrogens (tertiary/aromatic N) is 1. The van der Waals surface area contributed by atoms with Crippen molar-refractivity contribution in [3.05, 3.63) is 0 Å². The Kier molecular flexibility index (Phi) is 6.15. The van der Waals surface area contributed by atoms with Gasteiger partial charge in [-0.1, -0.05) is 40.0 Å². The highest BCUT2D eigenvalue weighted by Gasteiger charge is 2.29. The molecule has 112 valence electrons. The average molecular weight is 266 g/mol. The molecule has 0 spiro atoms. The molecule has 2 unspecified atom stereocenters. The van der Waals surface area contributed by atoms with Gasteiger partial charge in [0.1, 0.15) is 0 Å². The van der Waals surface area contributed by atoms with Crippen LogP contribution < -0.4 is 5.32 Å². The predicted molar refractivity (Wildman–Crippen MR) is 83.5 cm³/mol. The van der Waals surface area contributed by atoms with Gasteiger partial charge in [0.25, 0.3) is 0 Å². The second-order valence-electron chi connectivity index (χ2n) is 7.04. The Morgan fingerprint density at radius 2 is 1.84 bits per heavy atom. The summed E-state index contributed by atoms with van der Waals surface area (Å²) in [7, 11) is 0. The minimum absolute atomic E-state index is 0.746. The van der Waals surface area contributed by atoms with Gasteiger partial charge in [0.05, 0.1) is 0 Å². The molecular weight excluding hydrogens is 232 g/mol. The van der Waals surface area contributed by atoms with Gasteiger partial charge < -0.3 is 5.32 Å². The number of hydrogen-bond acceptors (Lipinski definition) is 2. The lowest BCUT2D eigenvalue weighted by molar-refractivity contribution is 0.0901. The highest BCUT2D eigenvalue weighted by Crippen LogP contribution is 2.30. The number of hydrogen-bond donors (Lipinski definition) is 1. The van der Waals surface area contributed by atoms with Gasteiger partial charge in [0, 0.05) is 31.7 Å². The van der Waals surface area contributed by atoms with Crippen LogP contribution in [0, 0.1) is 11.8 Å². The van der Waals surface area contributed by atoms with E-state index in [0.717, 1.165) is 23.9 Å². The molecule has 1 N–H and O–H groups in total. The highest BCUT2D eigenvalue weighted by molar-refractivity contribution is 4.87. The van der Waals surface area contributed by atoms with Gasteiger partial charge in [0.15, 0.2) is 0 Å². The summed E-state index contributed by atoms with van der Waals surface area (Å²) in [5.74, 6) is 1.96. The minimum atomic E-state index is 0.746. The van der Waals surface area contributed by atoms with Gasteiger partial charge in [-0.2, -0.15) is 0 Å². The molecule has 19 heavy (non-hydrogen) atoms. The minimum Gasteiger partial charge on any atom is -0.311 e. The molecule has 0 bridgehead atoms. The van der Waals surface area contributed by atoms with E-state index in [1.165, 1.54) is 64.6 Å². The molecule has 2 nitrogen and oxygen atoms in total. The monoisotopic (exact) mass is 266 g/mol. The van der Waals surface area contributed by atoms with Crippen molar-refractivity contribution in [3.63, 3.8) is 0 Å². The summed E-state index contributed by atoms with van der Waals surface area (Å²) in [6.07, 6.45) is 9.82. The molecule has 2 rings (SSSR count). The van der Waals surface area contributed by atoms with Crippen LogP contribution in [0.25, 0.3) is 0 Å². The smallest absolute Gasteiger partial charge is 0.0218 e. The standard InChI is InChI=1S/C17H34N2/c1-4-6-16-13-19(17(5-2)11-18-16)12-15-9-7-14(3)8-10-15/h14-18H,4-13H2,1-3H3. The lowest BCUT2D eigenvalue weighted by Gasteiger charge is -2.42. The third-order valence-corrected chi connectivity index (χ3v) is 5.35. The fraction of sp³-hybridized carbons (Fsp3) is 1.00. The Balaban J connectivity index is 1.83. The summed E-state index contributed by atoms with van der Waals surface area (Å²) in [5.41, 5.74) is 0. The second kappa shape index (κ2) is 7.64. The van der Waals surface area contributed by atoms with E-state index in [1.807, 2.05) is 0 Å². The lowest BCUT2D eigenvalue weighted by Crippen LogP contribution is -2.57. The Hall–Kier alpha value is -0.0800. The van der Waals surface area contributed by atoms with Crippen LogP contribution in [0.4, 0.5) is 0 Å². The number of nitrogens with one attached hydrogen (secondary N) is 1. The summed E-state index contributed by atoms with van der Waals surface area (Å²) in [5, 5.41) is 3.75. The topological polar surface area (TPSA) is 15.3 Å². The first-order chi connectivity index (χ1) is 9.22. The Morgan fingerprint density at radius 1 is 1.11 bits per heavy atom. The zero-order valence-corrected chi connectivity index (χ0v) is 13.3. The van der Waals surface area contributed by atoms with Crippen molar-refractivity contribution in [2.24, 2.45) is 11.8 Å². The van der Waals surface area contributed by atoms with Crippen LogP contribution in [0.2, 0.25) is 0 Å². The lowest BCUT2D eigenvalue weighted by atomic mass is 9.82. The molecule has 1 saturated heterocycles. The molecule has 0 amide bonds. The normalized spacial score (nSPS) is 37.4. The predicted octanol–water partition coefficient (Wildman–Crippen LogP) is 3.67. The fourth-order valence-corrected chi connectivity index (χ4v) is 3.94. The van der Waals surface area contributed by atoms with E-state index in [0.29, 0.717) is 0 Å². The maximum atomic E-state index is 3.75. The van der Waals surface area contributed by atoms with Gasteiger partial charge in [-0.15, -0.1) is 0 Å². The first kappa shape index (κ1) is 15.3. The quantitative estimate of drug-likeness (QED) is 0.817. The van der Waals surface area contributed by atoms with Crippen LogP contribution in [0.15, 0.2) is 0 Å². The first-order valence-corrected chi connectivity index (χ1v) is 8.70. The third-order valence-electron chi connectivity index (χ3n) is 5.35. The number of piperazine rings is 1. The summed E-state index contributed by atoms with van der Waals surface area (Å²) < 4.78 is 0. The van der Waals surface area contributed by atoms with E-state index in [9.17, 15) is 0 Å². The largest absolute Gasteiger partial charge is 0.311 e. The summed E-state index contributed by atoms with van der Waals surface area (Å²) >= 11 is 0. The van der Waals surface area contributed by atoms with Gasteiger partial charge in [-0.3, -0.25) is 4.90 Å². The molecule has 2 heteroatoms. The molecule has 1 saturated carbocycles. The second-order valence-corrected chi connectivity index (χ2v) is 7.04. The van der Waals surface area contributed by atoms with Gasteiger partial charge in [-0.05, 0) is 37.5 Å². The maximum absolute atomic E-state index is 3.75. The zero-order valence-electron chi connectivity index (χ0n) is 13.3. The van der Waals surface area contributed by atoms with Crippen molar-refractivity contribution >= 4 is 0 Å². The molecule has 2 atom stereocenters. The van der Waals surface area contributed by atoms with Crippen molar-refractivity contribution in [2.45, 2.75) is 77.8 Å². The van der Waals surface area contributed by atoms with E-state index in [2.05, 4.69) is 31.0 Å². The molecule has 1 heterocycles. The van der Waals surface area contributed by atoms with Crippen LogP contribution in [0.3, 0.4) is 0 Å². The average Bonchev–Trinajstić information content (AvgIpc) is 2.42. The van der Waals surface area contributed by atoms with Gasteiger partial charge in [-0.25, -0.2) is 0 Å². The van der Waals surface area contributed by atoms with Crippen molar-refractivity contribution in [1.82, 2.24) is 10.2 Å². The van der Waals surface area contributed by atoms with Crippen molar-refractivity contribution in [1.29, 1.82) is 0 Å². The van der Waals surface area contributed by atoms with Gasteiger partial charge in [0.2, 0.25) is 0 Å². The summed E-state index contributed by atoms with van der Waals surface area (Å²) in [6, 6.07) is 1.53. The molecule has 2 aliphatic rings. The molecule has 0 radical (unpaired) electrons. The Bertz CT molecular complexity index is 246.